The van der Waals surface area contributed by atoms with E-state index < -0.39 is 15.6 Å². The van der Waals surface area contributed by atoms with E-state index in [2.05, 4.69) is 33.0 Å². The van der Waals surface area contributed by atoms with Gasteiger partial charge in [0.2, 0.25) is 0 Å². The molecule has 1 unspecified atom stereocenters. The van der Waals surface area contributed by atoms with Crippen LogP contribution in [0.4, 0.5) is 0 Å². The summed E-state index contributed by atoms with van der Waals surface area (Å²) in [6, 6.07) is 10.4. The second-order valence-corrected chi connectivity index (χ2v) is 9.03. The van der Waals surface area contributed by atoms with Gasteiger partial charge in [0, 0.05) is 15.7 Å². The number of nitrogens with zero attached hydrogens (tertiary/aromatic N) is 4. The van der Waals surface area contributed by atoms with Crippen molar-refractivity contribution in [3.05, 3.63) is 48.3 Å². The summed E-state index contributed by atoms with van der Waals surface area (Å²) in [6.07, 6.45) is 12.4. The summed E-state index contributed by atoms with van der Waals surface area (Å²) in [7, 11) is -2.87. The molecule has 31 heavy (non-hydrogen) atoms. The fourth-order valence-corrected chi connectivity index (χ4v) is 4.86. The molecule has 2 aromatic carbocycles. The number of hydrogen-bond donors (Lipinski definition) is 2. The maximum Gasteiger partial charge on any atom is 0.267 e. The molecule has 0 aliphatic rings. The van der Waals surface area contributed by atoms with E-state index >= 15 is 0 Å². The first-order chi connectivity index (χ1) is 14.9. The average Bonchev–Trinajstić information content (AvgIpc) is 3.38. The molecule has 0 saturated carbocycles. The monoisotopic (exact) mass is 430 g/mol. The predicted octanol–water partition coefficient (Wildman–Crippen LogP) is 1.56. The van der Waals surface area contributed by atoms with Gasteiger partial charge in [0.1, 0.15) is 5.69 Å². The maximum absolute atomic E-state index is 13.3. The molecule has 8 nitrogen and oxygen atoms in total. The van der Waals surface area contributed by atoms with Crippen LogP contribution in [-0.4, -0.2) is 53.4 Å². The van der Waals surface area contributed by atoms with Crippen LogP contribution in [0.3, 0.4) is 0 Å². The van der Waals surface area contributed by atoms with Crippen LogP contribution in [-0.2, 0) is 9.71 Å². The van der Waals surface area contributed by atoms with Crippen LogP contribution in [0.25, 0.3) is 27.5 Å². The summed E-state index contributed by atoms with van der Waals surface area (Å²) >= 11 is 0. The molecule has 2 heterocycles. The highest BCUT2D eigenvalue weighted by atomic mass is 32.2. The topological polar surface area (TPSA) is 110 Å². The highest BCUT2D eigenvalue weighted by molar-refractivity contribution is 7.98. The fraction of sp³-hybridized carbons (Fsp3) is 0.0909. The molecule has 0 fully saturated rings. The van der Waals surface area contributed by atoms with Crippen molar-refractivity contribution in [2.24, 2.45) is 5.73 Å². The van der Waals surface area contributed by atoms with Gasteiger partial charge in [-0.05, 0) is 42.3 Å². The Morgan fingerprint density at radius 1 is 1.16 bits per heavy atom. The minimum absolute atomic E-state index is 0.112. The van der Waals surface area contributed by atoms with Crippen molar-refractivity contribution in [2.75, 3.05) is 13.1 Å². The number of benzene rings is 2. The summed E-state index contributed by atoms with van der Waals surface area (Å²) in [5.74, 6) is 8.19. The van der Waals surface area contributed by atoms with E-state index in [-0.39, 0.29) is 18.8 Å². The standard InChI is InChI=1S/C22H18N6O2S/c1-4-12-27(13-5-2)31(3,30)16-8-6-15(7-9-16)28-21-17(20(26-28)22(23)29)10-11-19-18(21)14-24-25-19/h1-2,6-11,14,26H,3,12-13H2,(H2,23,29). The Morgan fingerprint density at radius 2 is 1.84 bits per heavy atom. The van der Waals surface area contributed by atoms with E-state index in [0.717, 1.165) is 5.39 Å². The number of primary amides is 1. The number of carbonyl (C=O) groups excluding carboxylic acids is 1. The Kier molecular flexibility index (Phi) is 4.99. The number of nitrogens with two attached hydrogens (primary N) is 1. The molecular formula is C22H18N6O2S. The molecular weight excluding hydrogens is 412 g/mol. The number of H-pyrrole nitrogens is 1. The average molecular weight is 430 g/mol. The SMILES string of the molecule is C#CCN(CC#C)S(=C)(=O)c1ccc(-n2[nH]c(C(N)=O)c3ccc4nncc4c32)cc1. The van der Waals surface area contributed by atoms with Gasteiger partial charge < -0.3 is 5.73 Å². The number of carbonyl (C=O) groups is 1. The summed E-state index contributed by atoms with van der Waals surface area (Å²) in [6.45, 7) is 0.225. The summed E-state index contributed by atoms with van der Waals surface area (Å²) in [5.41, 5.74) is 7.91. The van der Waals surface area contributed by atoms with Gasteiger partial charge in [0.25, 0.3) is 5.91 Å². The molecule has 0 aliphatic heterocycles. The predicted molar refractivity (Wildman–Crippen MR) is 122 cm³/mol. The molecule has 0 spiro atoms. The van der Waals surface area contributed by atoms with Crippen LogP contribution in [0.5, 0.6) is 0 Å². The first-order valence-electron chi connectivity index (χ1n) is 9.13. The first-order valence-corrected chi connectivity index (χ1v) is 10.8. The van der Waals surface area contributed by atoms with E-state index in [4.69, 9.17) is 18.6 Å². The Bertz CT molecular complexity index is 1480. The molecule has 9 heteroatoms. The van der Waals surface area contributed by atoms with Crippen LogP contribution in [0.2, 0.25) is 0 Å². The second-order valence-electron chi connectivity index (χ2n) is 6.77. The minimum atomic E-state index is -2.87. The number of aromatic nitrogens is 4. The number of aromatic amines is 1. The van der Waals surface area contributed by atoms with Gasteiger partial charge in [0.15, 0.2) is 0 Å². The van der Waals surface area contributed by atoms with Crippen molar-refractivity contribution in [3.8, 4) is 30.4 Å². The van der Waals surface area contributed by atoms with Crippen molar-refractivity contribution in [1.29, 1.82) is 0 Å². The third-order valence-corrected chi connectivity index (χ3v) is 7.03. The molecule has 154 valence electrons. The zero-order chi connectivity index (χ0) is 22.2. The highest BCUT2D eigenvalue weighted by Gasteiger charge is 2.20. The molecule has 2 aromatic heterocycles. The lowest BCUT2D eigenvalue weighted by Crippen LogP contribution is -2.31. The fourth-order valence-electron chi connectivity index (χ4n) is 3.44. The molecule has 1 atom stereocenters. The number of hydrogen-bond acceptors (Lipinski definition) is 4. The Morgan fingerprint density at radius 3 is 2.45 bits per heavy atom. The van der Waals surface area contributed by atoms with Gasteiger partial charge >= 0.3 is 0 Å². The van der Waals surface area contributed by atoms with Crippen LogP contribution in [0.15, 0.2) is 47.5 Å². The minimum Gasteiger partial charge on any atom is -0.364 e. The normalized spacial score (nSPS) is 13.1. The van der Waals surface area contributed by atoms with Crippen LogP contribution >= 0.6 is 0 Å². The second kappa shape index (κ2) is 7.65. The summed E-state index contributed by atoms with van der Waals surface area (Å²) in [5, 5.41) is 12.5. The van der Waals surface area contributed by atoms with Crippen molar-refractivity contribution in [2.45, 2.75) is 4.90 Å². The zero-order valence-corrected chi connectivity index (χ0v) is 17.2. The molecule has 4 rings (SSSR count). The van der Waals surface area contributed by atoms with E-state index in [1.54, 1.807) is 47.3 Å². The third kappa shape index (κ3) is 3.32. The Labute approximate surface area is 179 Å². The Hall–Kier alpha value is -4.05. The van der Waals surface area contributed by atoms with Gasteiger partial charge in [-0.1, -0.05) is 11.8 Å². The molecule has 1 amide bonds. The lowest BCUT2D eigenvalue weighted by Gasteiger charge is -2.22. The first kappa shape index (κ1) is 20.2. The van der Waals surface area contributed by atoms with E-state index in [9.17, 15) is 9.00 Å². The van der Waals surface area contributed by atoms with Crippen LogP contribution in [0, 0.1) is 24.7 Å². The quantitative estimate of drug-likeness (QED) is 0.357. The lowest BCUT2D eigenvalue weighted by molar-refractivity contribution is 0.0996. The van der Waals surface area contributed by atoms with Crippen LogP contribution < -0.4 is 5.73 Å². The molecule has 4 aromatic rings. The van der Waals surface area contributed by atoms with Crippen molar-refractivity contribution < 1.29 is 9.00 Å². The number of terminal acetylenes is 2. The molecule has 0 saturated heterocycles. The number of amides is 1. The van der Waals surface area contributed by atoms with Gasteiger partial charge in [-0.15, -0.1) is 12.8 Å². The smallest absolute Gasteiger partial charge is 0.267 e. The van der Waals surface area contributed by atoms with Crippen LogP contribution in [0.1, 0.15) is 10.5 Å². The number of fused-ring (bicyclic) bond motifs is 3. The summed E-state index contributed by atoms with van der Waals surface area (Å²) < 4.78 is 16.5. The van der Waals surface area contributed by atoms with E-state index in [1.807, 2.05) is 0 Å². The van der Waals surface area contributed by atoms with Gasteiger partial charge in [0.05, 0.1) is 45.7 Å². The van der Waals surface area contributed by atoms with Gasteiger partial charge in [-0.2, -0.15) is 10.2 Å². The van der Waals surface area contributed by atoms with E-state index in [0.29, 0.717) is 27.0 Å². The molecule has 0 radical (unpaired) electrons. The zero-order valence-electron chi connectivity index (χ0n) is 16.4. The largest absolute Gasteiger partial charge is 0.364 e. The molecule has 0 aliphatic carbocycles. The third-order valence-electron chi connectivity index (χ3n) is 4.92. The highest BCUT2D eigenvalue weighted by Crippen LogP contribution is 2.29. The molecule has 3 N–H and O–H groups in total. The van der Waals surface area contributed by atoms with Gasteiger partial charge in [-0.25, -0.2) is 8.51 Å². The number of rotatable bonds is 6. The Balaban J connectivity index is 1.85. The maximum atomic E-state index is 13.3. The van der Waals surface area contributed by atoms with Crippen molar-refractivity contribution in [3.63, 3.8) is 0 Å². The van der Waals surface area contributed by atoms with E-state index in [1.165, 1.54) is 4.31 Å². The van der Waals surface area contributed by atoms with Crippen molar-refractivity contribution >= 4 is 43.3 Å². The number of nitrogens with one attached hydrogen (secondary N) is 1. The lowest BCUT2D eigenvalue weighted by atomic mass is 10.1. The molecule has 0 bridgehead atoms. The van der Waals surface area contributed by atoms with Gasteiger partial charge in [-0.3, -0.25) is 14.6 Å². The van der Waals surface area contributed by atoms with Crippen molar-refractivity contribution in [1.82, 2.24) is 24.3 Å². The summed E-state index contributed by atoms with van der Waals surface area (Å²) in [4.78, 5) is 12.5.